The molecule has 7 rings (SSSR count). The van der Waals surface area contributed by atoms with Crippen molar-refractivity contribution in [3.05, 3.63) is 95.0 Å². The van der Waals surface area contributed by atoms with E-state index in [0.29, 0.717) is 42.6 Å². The lowest BCUT2D eigenvalue weighted by Crippen LogP contribution is -2.37. The van der Waals surface area contributed by atoms with Crippen molar-refractivity contribution < 1.29 is 13.6 Å². The minimum absolute atomic E-state index is 0.132. The highest BCUT2D eigenvalue weighted by atomic mass is 32.1. The number of fused-ring (bicyclic) bond motifs is 3. The van der Waals surface area contributed by atoms with Gasteiger partial charge in [0.2, 0.25) is 5.91 Å². The first kappa shape index (κ1) is 27.6. The Balaban J connectivity index is 1.41. The van der Waals surface area contributed by atoms with Crippen molar-refractivity contribution in [2.75, 3.05) is 13.1 Å². The van der Waals surface area contributed by atoms with Crippen LogP contribution in [0.1, 0.15) is 30.7 Å². The standard InChI is InChI=1S/C34H31F2N5OS/c1-4-30(42)40-12-13-41-25(19-40)17-29(38-41)33-31(26-8-7-24(35)16-28(26)36)34-27(10-14-43-34)32(37-33)22-5-6-23-18-39(20(2)3)11-9-21(23)15-22/h4-8,10,14-17,20H,1,9,11-13,18-19H2,2-3H3. The molecule has 5 heterocycles. The van der Waals surface area contributed by atoms with Crippen LogP contribution in [0, 0.1) is 11.6 Å². The molecule has 0 radical (unpaired) electrons. The van der Waals surface area contributed by atoms with Gasteiger partial charge in [0.25, 0.3) is 0 Å². The van der Waals surface area contributed by atoms with Crippen molar-refractivity contribution in [1.82, 2.24) is 24.6 Å². The molecule has 0 saturated heterocycles. The van der Waals surface area contributed by atoms with Gasteiger partial charge in [-0.25, -0.2) is 13.8 Å². The molecule has 43 heavy (non-hydrogen) atoms. The zero-order valence-electron chi connectivity index (χ0n) is 24.1. The molecule has 0 spiro atoms. The lowest BCUT2D eigenvalue weighted by atomic mass is 9.93. The summed E-state index contributed by atoms with van der Waals surface area (Å²) in [6, 6.07) is 14.7. The fourth-order valence-electron chi connectivity index (χ4n) is 6.23. The van der Waals surface area contributed by atoms with E-state index < -0.39 is 11.6 Å². The van der Waals surface area contributed by atoms with Crippen LogP contribution in [0.25, 0.3) is 43.9 Å². The van der Waals surface area contributed by atoms with Gasteiger partial charge < -0.3 is 4.90 Å². The van der Waals surface area contributed by atoms with Crippen LogP contribution in [-0.4, -0.2) is 49.6 Å². The number of benzene rings is 2. The van der Waals surface area contributed by atoms with Gasteiger partial charge in [0.15, 0.2) is 0 Å². The smallest absolute Gasteiger partial charge is 0.246 e. The van der Waals surface area contributed by atoms with Gasteiger partial charge in [0.05, 0.1) is 24.5 Å². The maximum atomic E-state index is 15.4. The largest absolute Gasteiger partial charge is 0.331 e. The number of thiophene rings is 1. The van der Waals surface area contributed by atoms with Crippen molar-refractivity contribution in [2.24, 2.45) is 0 Å². The molecule has 0 fully saturated rings. The summed E-state index contributed by atoms with van der Waals surface area (Å²) >= 11 is 1.51. The van der Waals surface area contributed by atoms with Crippen LogP contribution in [0.2, 0.25) is 0 Å². The molecule has 218 valence electrons. The highest BCUT2D eigenvalue weighted by Crippen LogP contribution is 2.44. The van der Waals surface area contributed by atoms with E-state index >= 15 is 4.39 Å². The molecule has 2 aromatic carbocycles. The molecular weight excluding hydrogens is 564 g/mol. The number of aromatic nitrogens is 3. The number of rotatable bonds is 5. The average molecular weight is 596 g/mol. The van der Waals surface area contributed by atoms with Gasteiger partial charge in [-0.1, -0.05) is 18.7 Å². The Morgan fingerprint density at radius 2 is 1.86 bits per heavy atom. The summed E-state index contributed by atoms with van der Waals surface area (Å²) < 4.78 is 32.2. The molecule has 5 aromatic rings. The van der Waals surface area contributed by atoms with E-state index in [4.69, 9.17) is 10.1 Å². The van der Waals surface area contributed by atoms with Crippen molar-refractivity contribution in [2.45, 2.75) is 45.9 Å². The first-order chi connectivity index (χ1) is 20.8. The Hall–Kier alpha value is -4.21. The maximum Gasteiger partial charge on any atom is 0.246 e. The third kappa shape index (κ3) is 4.86. The van der Waals surface area contributed by atoms with Crippen LogP contribution in [0.4, 0.5) is 8.78 Å². The molecule has 0 saturated carbocycles. The summed E-state index contributed by atoms with van der Waals surface area (Å²) in [5.41, 5.74) is 7.30. The number of pyridine rings is 1. The summed E-state index contributed by atoms with van der Waals surface area (Å²) in [5.74, 6) is -1.42. The van der Waals surface area contributed by atoms with E-state index in [-0.39, 0.29) is 11.5 Å². The SMILES string of the molecule is C=CC(=O)N1CCn2nc(-c3nc(-c4ccc5c(c4)CCN(C(C)C)C5)c4ccsc4c3-c3ccc(F)cc3F)cc2C1. The Kier molecular flexibility index (Phi) is 6.94. The second-order valence-corrected chi connectivity index (χ2v) is 12.4. The maximum absolute atomic E-state index is 15.4. The van der Waals surface area contributed by atoms with Crippen LogP contribution in [0.3, 0.4) is 0 Å². The van der Waals surface area contributed by atoms with Crippen LogP contribution >= 0.6 is 11.3 Å². The number of carbonyl (C=O) groups is 1. The van der Waals surface area contributed by atoms with Crippen molar-refractivity contribution in [1.29, 1.82) is 0 Å². The van der Waals surface area contributed by atoms with E-state index in [9.17, 15) is 9.18 Å². The summed E-state index contributed by atoms with van der Waals surface area (Å²) in [6.45, 7) is 11.4. The Morgan fingerprint density at radius 3 is 2.65 bits per heavy atom. The Morgan fingerprint density at radius 1 is 1.00 bits per heavy atom. The van der Waals surface area contributed by atoms with Gasteiger partial charge in [-0.3, -0.25) is 14.4 Å². The number of carbonyl (C=O) groups excluding carboxylic acids is 1. The first-order valence-corrected chi connectivity index (χ1v) is 15.4. The number of hydrogen-bond donors (Lipinski definition) is 0. The van der Waals surface area contributed by atoms with E-state index in [0.717, 1.165) is 52.6 Å². The molecule has 0 atom stereocenters. The zero-order valence-corrected chi connectivity index (χ0v) is 24.9. The van der Waals surface area contributed by atoms with E-state index in [1.807, 2.05) is 22.2 Å². The predicted molar refractivity (Wildman–Crippen MR) is 166 cm³/mol. The Bertz CT molecular complexity index is 1910. The molecule has 1 amide bonds. The molecule has 0 N–H and O–H groups in total. The van der Waals surface area contributed by atoms with Crippen LogP contribution in [0.5, 0.6) is 0 Å². The lowest BCUT2D eigenvalue weighted by Gasteiger charge is -2.32. The fourth-order valence-corrected chi connectivity index (χ4v) is 7.19. The first-order valence-electron chi connectivity index (χ1n) is 14.5. The third-order valence-corrected chi connectivity index (χ3v) is 9.52. The van der Waals surface area contributed by atoms with Crippen molar-refractivity contribution in [3.8, 4) is 33.8 Å². The second-order valence-electron chi connectivity index (χ2n) is 11.5. The van der Waals surface area contributed by atoms with Crippen molar-refractivity contribution >= 4 is 27.3 Å². The molecule has 0 bridgehead atoms. The van der Waals surface area contributed by atoms with Crippen LogP contribution in [0.15, 0.2) is 66.6 Å². The Labute approximate surface area is 252 Å². The van der Waals surface area contributed by atoms with E-state index in [1.165, 1.54) is 40.7 Å². The quantitative estimate of drug-likeness (QED) is 0.204. The normalized spacial score (nSPS) is 15.1. The van der Waals surface area contributed by atoms with Crippen LogP contribution < -0.4 is 0 Å². The van der Waals surface area contributed by atoms with Crippen LogP contribution in [-0.2, 0) is 30.8 Å². The third-order valence-electron chi connectivity index (χ3n) is 8.59. The molecule has 2 aliphatic heterocycles. The summed E-state index contributed by atoms with van der Waals surface area (Å²) in [4.78, 5) is 21.7. The highest BCUT2D eigenvalue weighted by Gasteiger charge is 2.27. The van der Waals surface area contributed by atoms with E-state index in [1.54, 1.807) is 4.90 Å². The number of nitrogens with zero attached hydrogens (tertiary/aromatic N) is 5. The molecule has 3 aromatic heterocycles. The van der Waals surface area contributed by atoms with Gasteiger partial charge >= 0.3 is 0 Å². The van der Waals surface area contributed by atoms with E-state index in [2.05, 4.69) is 43.5 Å². The second kappa shape index (κ2) is 10.8. The van der Waals surface area contributed by atoms with Gasteiger partial charge in [-0.05, 0) is 73.2 Å². The van der Waals surface area contributed by atoms with Crippen molar-refractivity contribution in [3.63, 3.8) is 0 Å². The number of halogens is 2. The minimum atomic E-state index is -0.652. The molecule has 2 aliphatic rings. The number of amides is 1. The lowest BCUT2D eigenvalue weighted by molar-refractivity contribution is -0.127. The topological polar surface area (TPSA) is 54.3 Å². The highest BCUT2D eigenvalue weighted by molar-refractivity contribution is 7.18. The van der Waals surface area contributed by atoms with Gasteiger partial charge in [-0.15, -0.1) is 11.3 Å². The summed E-state index contributed by atoms with van der Waals surface area (Å²) in [6.07, 6.45) is 2.29. The summed E-state index contributed by atoms with van der Waals surface area (Å²) in [5, 5.41) is 7.79. The zero-order chi connectivity index (χ0) is 29.8. The fraction of sp³-hybridized carbons (Fsp3) is 0.265. The number of hydrogen-bond acceptors (Lipinski definition) is 5. The molecular formula is C34H31F2N5OS. The van der Waals surface area contributed by atoms with Gasteiger partial charge in [0.1, 0.15) is 23.0 Å². The monoisotopic (exact) mass is 595 g/mol. The average Bonchev–Trinajstić information content (AvgIpc) is 3.67. The molecule has 0 aliphatic carbocycles. The van der Waals surface area contributed by atoms with Gasteiger partial charge in [-0.2, -0.15) is 5.10 Å². The molecule has 6 nitrogen and oxygen atoms in total. The summed E-state index contributed by atoms with van der Waals surface area (Å²) in [7, 11) is 0. The van der Waals surface area contributed by atoms with Gasteiger partial charge in [0, 0.05) is 58.5 Å². The molecule has 0 unspecified atom stereocenters. The predicted octanol–water partition coefficient (Wildman–Crippen LogP) is 7.07. The minimum Gasteiger partial charge on any atom is -0.331 e. The molecule has 9 heteroatoms.